The number of hydrogen-bond donors (Lipinski definition) is 3. The molecule has 0 amide bonds. The van der Waals surface area contributed by atoms with Crippen LogP contribution in [0.1, 0.15) is 101 Å². The molecule has 0 rings (SSSR count). The third kappa shape index (κ3) is 7.48. The van der Waals surface area contributed by atoms with Gasteiger partial charge in [0.2, 0.25) is 0 Å². The van der Waals surface area contributed by atoms with Gasteiger partial charge in [0.25, 0.3) is 0 Å². The molecule has 0 fully saturated rings. The van der Waals surface area contributed by atoms with Crippen LogP contribution in [-0.2, 0) is 0 Å². The van der Waals surface area contributed by atoms with Crippen LogP contribution in [0.5, 0.6) is 0 Å². The van der Waals surface area contributed by atoms with E-state index in [9.17, 15) is 10.2 Å². The highest BCUT2D eigenvalue weighted by Crippen LogP contribution is 2.47. The Morgan fingerprint density at radius 3 is 1.65 bits per heavy atom. The van der Waals surface area contributed by atoms with Crippen molar-refractivity contribution >= 4 is 0 Å². The van der Waals surface area contributed by atoms with Crippen LogP contribution < -0.4 is 5.32 Å². The van der Waals surface area contributed by atoms with Crippen molar-refractivity contribution in [2.75, 3.05) is 13.2 Å². The number of rotatable bonds is 12. The molecule has 0 aliphatic carbocycles. The van der Waals surface area contributed by atoms with Crippen LogP contribution in [0.2, 0.25) is 0 Å². The smallest absolute Gasteiger partial charge is 0.0751 e. The summed E-state index contributed by atoms with van der Waals surface area (Å²) >= 11 is 0. The molecular formula is C23H49NO2. The second kappa shape index (κ2) is 9.89. The van der Waals surface area contributed by atoms with Crippen molar-refractivity contribution in [1.82, 2.24) is 5.32 Å². The van der Waals surface area contributed by atoms with Gasteiger partial charge in [0.15, 0.2) is 0 Å². The van der Waals surface area contributed by atoms with E-state index in [1.165, 1.54) is 0 Å². The van der Waals surface area contributed by atoms with Crippen molar-refractivity contribution in [3.05, 3.63) is 0 Å². The minimum Gasteiger partial charge on any atom is -0.395 e. The van der Waals surface area contributed by atoms with Crippen LogP contribution >= 0.6 is 0 Å². The van der Waals surface area contributed by atoms with E-state index in [1.807, 2.05) is 0 Å². The first-order valence-corrected chi connectivity index (χ1v) is 10.7. The van der Waals surface area contributed by atoms with Gasteiger partial charge in [0.05, 0.1) is 12.7 Å². The molecule has 0 saturated carbocycles. The maximum absolute atomic E-state index is 11.6. The van der Waals surface area contributed by atoms with Crippen molar-refractivity contribution in [3.63, 3.8) is 0 Å². The summed E-state index contributed by atoms with van der Waals surface area (Å²) in [6, 6.07) is -0.0446. The first-order valence-electron chi connectivity index (χ1n) is 10.7. The summed E-state index contributed by atoms with van der Waals surface area (Å²) in [6.07, 6.45) is 4.80. The Balaban J connectivity index is 5.76. The van der Waals surface area contributed by atoms with Gasteiger partial charge >= 0.3 is 0 Å². The normalized spacial score (nSPS) is 18.5. The van der Waals surface area contributed by atoms with Crippen LogP contribution in [0.4, 0.5) is 0 Å². The molecule has 0 heterocycles. The van der Waals surface area contributed by atoms with Crippen molar-refractivity contribution in [1.29, 1.82) is 0 Å². The molecule has 0 aliphatic rings. The molecule has 0 aromatic rings. The molecular weight excluding hydrogens is 322 g/mol. The molecule has 3 atom stereocenters. The summed E-state index contributed by atoms with van der Waals surface area (Å²) in [5, 5.41) is 24.5. The number of hydrogen-bond acceptors (Lipinski definition) is 3. The fraction of sp³-hybridized carbons (Fsp3) is 1.00. The third-order valence-electron chi connectivity index (χ3n) is 6.68. The predicted octanol–water partition coefficient (Wildman–Crippen LogP) is 5.39. The predicted molar refractivity (Wildman–Crippen MR) is 114 cm³/mol. The third-order valence-corrected chi connectivity index (χ3v) is 6.68. The Labute approximate surface area is 164 Å². The summed E-state index contributed by atoms with van der Waals surface area (Å²) in [5.74, 6) is 0. The van der Waals surface area contributed by atoms with E-state index >= 15 is 0 Å². The van der Waals surface area contributed by atoms with E-state index in [0.717, 1.165) is 32.1 Å². The SMILES string of the molecule is CCC(C)(CC)CC(C)(CC)C(O)C(NCCO)C(C)(C)CC(C)(C)C. The molecule has 3 nitrogen and oxygen atoms in total. The minimum atomic E-state index is -0.450. The molecule has 3 unspecified atom stereocenters. The molecule has 26 heavy (non-hydrogen) atoms. The molecule has 3 heteroatoms. The van der Waals surface area contributed by atoms with Gasteiger partial charge < -0.3 is 15.5 Å². The molecule has 0 bridgehead atoms. The first-order chi connectivity index (χ1) is 11.7. The number of aliphatic hydroxyl groups is 2. The van der Waals surface area contributed by atoms with Gasteiger partial charge in [0.1, 0.15) is 0 Å². The van der Waals surface area contributed by atoms with Crippen LogP contribution in [-0.4, -0.2) is 35.5 Å². The Morgan fingerprint density at radius 2 is 1.31 bits per heavy atom. The molecule has 0 aromatic heterocycles. The lowest BCUT2D eigenvalue weighted by atomic mass is 9.61. The van der Waals surface area contributed by atoms with E-state index in [4.69, 9.17) is 0 Å². The lowest BCUT2D eigenvalue weighted by Gasteiger charge is -2.49. The zero-order valence-corrected chi connectivity index (χ0v) is 19.5. The largest absolute Gasteiger partial charge is 0.395 e. The van der Waals surface area contributed by atoms with Crippen molar-refractivity contribution in [2.45, 2.75) is 113 Å². The summed E-state index contributed by atoms with van der Waals surface area (Å²) < 4.78 is 0. The lowest BCUT2D eigenvalue weighted by Crippen LogP contribution is -2.57. The average molecular weight is 372 g/mol. The standard InChI is InChI=1S/C23H49NO2/c1-11-22(9,12-2)17-23(10,13-3)19(26)18(24-14-15-25)21(7,8)16-20(4,5)6/h18-19,24-26H,11-17H2,1-10H3. The fourth-order valence-corrected chi connectivity index (χ4v) is 4.83. The van der Waals surface area contributed by atoms with Crippen LogP contribution in [0.15, 0.2) is 0 Å². The molecule has 0 aliphatic heterocycles. The fourth-order valence-electron chi connectivity index (χ4n) is 4.83. The maximum Gasteiger partial charge on any atom is 0.0751 e. The zero-order valence-electron chi connectivity index (χ0n) is 19.5. The Hall–Kier alpha value is -0.120. The van der Waals surface area contributed by atoms with Crippen LogP contribution in [0.3, 0.4) is 0 Å². The van der Waals surface area contributed by atoms with Crippen molar-refractivity contribution in [3.8, 4) is 0 Å². The second-order valence-corrected chi connectivity index (χ2v) is 11.0. The Morgan fingerprint density at radius 1 is 0.808 bits per heavy atom. The lowest BCUT2D eigenvalue weighted by molar-refractivity contribution is -0.0614. The number of nitrogens with one attached hydrogen (secondary N) is 1. The van der Waals surface area contributed by atoms with E-state index in [1.54, 1.807) is 0 Å². The molecule has 0 aromatic carbocycles. The highest BCUT2D eigenvalue weighted by Gasteiger charge is 2.46. The summed E-state index contributed by atoms with van der Waals surface area (Å²) in [7, 11) is 0. The highest BCUT2D eigenvalue weighted by molar-refractivity contribution is 5.00. The molecule has 3 N–H and O–H groups in total. The van der Waals surface area contributed by atoms with Crippen LogP contribution in [0.25, 0.3) is 0 Å². The minimum absolute atomic E-state index is 0.0446. The van der Waals surface area contributed by atoms with E-state index in [0.29, 0.717) is 6.54 Å². The van der Waals surface area contributed by atoms with Gasteiger partial charge in [-0.15, -0.1) is 0 Å². The maximum atomic E-state index is 11.6. The van der Waals surface area contributed by atoms with Crippen molar-refractivity contribution in [2.24, 2.45) is 21.7 Å². The van der Waals surface area contributed by atoms with Gasteiger partial charge in [-0.3, -0.25) is 0 Å². The molecule has 158 valence electrons. The van der Waals surface area contributed by atoms with Gasteiger partial charge in [-0.25, -0.2) is 0 Å². The zero-order chi connectivity index (χ0) is 20.8. The molecule has 0 spiro atoms. The van der Waals surface area contributed by atoms with Gasteiger partial charge in [0, 0.05) is 12.6 Å². The van der Waals surface area contributed by atoms with Crippen molar-refractivity contribution < 1.29 is 10.2 Å². The summed E-state index contributed by atoms with van der Waals surface area (Å²) in [6.45, 7) is 23.2. The Kier molecular flexibility index (Phi) is 9.84. The van der Waals surface area contributed by atoms with Gasteiger partial charge in [-0.2, -0.15) is 0 Å². The van der Waals surface area contributed by atoms with E-state index < -0.39 is 6.10 Å². The highest BCUT2D eigenvalue weighted by atomic mass is 16.3. The first kappa shape index (κ1) is 25.9. The number of aliphatic hydroxyl groups excluding tert-OH is 2. The quantitative estimate of drug-likeness (QED) is 0.431. The topological polar surface area (TPSA) is 52.5 Å². The van der Waals surface area contributed by atoms with Gasteiger partial charge in [-0.1, -0.05) is 82.1 Å². The molecule has 0 radical (unpaired) electrons. The monoisotopic (exact) mass is 371 g/mol. The Bertz CT molecular complexity index is 396. The van der Waals surface area contributed by atoms with E-state index in [-0.39, 0.29) is 34.3 Å². The van der Waals surface area contributed by atoms with E-state index in [2.05, 4.69) is 74.6 Å². The van der Waals surface area contributed by atoms with Crippen LogP contribution in [0, 0.1) is 21.7 Å². The summed E-state index contributed by atoms with van der Waals surface area (Å²) in [5.41, 5.74) is 0.217. The summed E-state index contributed by atoms with van der Waals surface area (Å²) in [4.78, 5) is 0. The molecule has 0 saturated heterocycles. The average Bonchev–Trinajstić information content (AvgIpc) is 2.52. The van der Waals surface area contributed by atoms with Gasteiger partial charge in [-0.05, 0) is 40.9 Å². The second-order valence-electron chi connectivity index (χ2n) is 11.0.